The molecule has 0 aliphatic carbocycles. The second-order valence-corrected chi connectivity index (χ2v) is 6.31. The van der Waals surface area contributed by atoms with Gasteiger partial charge in [-0.3, -0.25) is 4.79 Å². The smallest absolute Gasteiger partial charge is 0.244 e. The van der Waals surface area contributed by atoms with E-state index in [-0.39, 0.29) is 11.9 Å². The molecule has 0 bridgehead atoms. The minimum atomic E-state index is -0.0909. The lowest BCUT2D eigenvalue weighted by molar-refractivity contribution is -0.118. The zero-order valence-electron chi connectivity index (χ0n) is 11.8. The Bertz CT molecular complexity index is 559. The van der Waals surface area contributed by atoms with E-state index in [4.69, 9.17) is 4.74 Å². The maximum absolute atomic E-state index is 12.5. The number of anilines is 1. The molecule has 0 spiro atoms. The van der Waals surface area contributed by atoms with Crippen LogP contribution in [0.25, 0.3) is 0 Å². The van der Waals surface area contributed by atoms with E-state index in [1.165, 1.54) is 5.57 Å². The predicted molar refractivity (Wildman–Crippen MR) is 86.4 cm³/mol. The number of nitrogens with zero attached hydrogens (tertiary/aromatic N) is 1. The maximum Gasteiger partial charge on any atom is 0.244 e. The minimum absolute atomic E-state index is 0.0909. The third kappa shape index (κ3) is 3.54. The molecule has 2 aliphatic rings. The van der Waals surface area contributed by atoms with Crippen LogP contribution in [0.2, 0.25) is 0 Å². The maximum atomic E-state index is 12.5. The first kappa shape index (κ1) is 14.8. The van der Waals surface area contributed by atoms with E-state index in [0.29, 0.717) is 6.61 Å². The van der Waals surface area contributed by atoms with Crippen LogP contribution >= 0.6 is 15.9 Å². The standard InChI is InChI=1S/C16H19BrN2O2/c17-13-4-1-5-14(9-13)19-7-6-15(16(19)20)18-10-12-3-2-8-21-11-12/h1,3-5,9,15,18H,2,6-8,10-11H2. The Kier molecular flexibility index (Phi) is 4.73. The summed E-state index contributed by atoms with van der Waals surface area (Å²) < 4.78 is 6.41. The van der Waals surface area contributed by atoms with Crippen molar-refractivity contribution in [1.82, 2.24) is 5.32 Å². The molecule has 0 aromatic heterocycles. The Morgan fingerprint density at radius 3 is 3.10 bits per heavy atom. The summed E-state index contributed by atoms with van der Waals surface area (Å²) in [4.78, 5) is 14.3. The zero-order chi connectivity index (χ0) is 14.7. The van der Waals surface area contributed by atoms with Crippen LogP contribution in [-0.4, -0.2) is 38.3 Å². The van der Waals surface area contributed by atoms with Crippen LogP contribution < -0.4 is 10.2 Å². The number of benzene rings is 1. The van der Waals surface area contributed by atoms with Crippen LogP contribution in [0, 0.1) is 0 Å². The van der Waals surface area contributed by atoms with Gasteiger partial charge >= 0.3 is 0 Å². The van der Waals surface area contributed by atoms with Gasteiger partial charge in [-0.2, -0.15) is 0 Å². The summed E-state index contributed by atoms with van der Waals surface area (Å²) in [6.45, 7) is 3.00. The van der Waals surface area contributed by atoms with Crippen molar-refractivity contribution in [2.45, 2.75) is 18.9 Å². The lowest BCUT2D eigenvalue weighted by Crippen LogP contribution is -2.39. The van der Waals surface area contributed by atoms with Crippen molar-refractivity contribution in [2.75, 3.05) is 31.2 Å². The van der Waals surface area contributed by atoms with Crippen LogP contribution in [0.1, 0.15) is 12.8 Å². The molecule has 5 heteroatoms. The molecular formula is C16H19BrN2O2. The average Bonchev–Trinajstić information content (AvgIpc) is 2.87. The topological polar surface area (TPSA) is 41.6 Å². The first-order chi connectivity index (χ1) is 10.2. The molecule has 1 atom stereocenters. The number of rotatable bonds is 4. The predicted octanol–water partition coefficient (Wildman–Crippen LogP) is 2.49. The molecule has 0 saturated carbocycles. The molecule has 1 unspecified atom stereocenters. The summed E-state index contributed by atoms with van der Waals surface area (Å²) in [5.74, 6) is 0.158. The molecular weight excluding hydrogens is 332 g/mol. The Balaban J connectivity index is 1.60. The van der Waals surface area contributed by atoms with Gasteiger partial charge in [0.2, 0.25) is 5.91 Å². The summed E-state index contributed by atoms with van der Waals surface area (Å²) in [6, 6.07) is 7.79. The first-order valence-electron chi connectivity index (χ1n) is 7.30. The van der Waals surface area contributed by atoms with E-state index in [2.05, 4.69) is 27.3 Å². The number of carbonyl (C=O) groups is 1. The van der Waals surface area contributed by atoms with Gasteiger partial charge in [-0.1, -0.05) is 28.1 Å². The molecule has 0 radical (unpaired) electrons. The second kappa shape index (κ2) is 6.73. The highest BCUT2D eigenvalue weighted by molar-refractivity contribution is 9.10. The Morgan fingerprint density at radius 1 is 1.43 bits per heavy atom. The van der Waals surface area contributed by atoms with Crippen molar-refractivity contribution in [3.05, 3.63) is 40.4 Å². The molecule has 4 nitrogen and oxygen atoms in total. The Morgan fingerprint density at radius 2 is 2.33 bits per heavy atom. The van der Waals surface area contributed by atoms with E-state index in [0.717, 1.165) is 42.7 Å². The number of nitrogens with one attached hydrogen (secondary N) is 1. The fourth-order valence-corrected chi connectivity index (χ4v) is 3.14. The third-order valence-corrected chi connectivity index (χ3v) is 4.38. The SMILES string of the molecule is O=C1C(NCC2=CCCOC2)CCN1c1cccc(Br)c1. The van der Waals surface area contributed by atoms with Gasteiger partial charge in [0.05, 0.1) is 19.3 Å². The summed E-state index contributed by atoms with van der Waals surface area (Å²) in [5, 5.41) is 3.36. The van der Waals surface area contributed by atoms with Crippen molar-refractivity contribution in [3.8, 4) is 0 Å². The highest BCUT2D eigenvalue weighted by atomic mass is 79.9. The molecule has 1 aromatic carbocycles. The molecule has 1 saturated heterocycles. The number of hydrogen-bond donors (Lipinski definition) is 1. The number of hydrogen-bond acceptors (Lipinski definition) is 3. The third-order valence-electron chi connectivity index (χ3n) is 3.88. The normalized spacial score (nSPS) is 22.5. The van der Waals surface area contributed by atoms with Crippen LogP contribution in [0.15, 0.2) is 40.4 Å². The van der Waals surface area contributed by atoms with Crippen molar-refractivity contribution >= 4 is 27.5 Å². The van der Waals surface area contributed by atoms with Crippen molar-refractivity contribution < 1.29 is 9.53 Å². The van der Waals surface area contributed by atoms with Crippen molar-refractivity contribution in [3.63, 3.8) is 0 Å². The highest BCUT2D eigenvalue weighted by Crippen LogP contribution is 2.24. The van der Waals surface area contributed by atoms with Crippen LogP contribution in [0.3, 0.4) is 0 Å². The van der Waals surface area contributed by atoms with Gasteiger partial charge in [-0.05, 0) is 36.6 Å². The van der Waals surface area contributed by atoms with E-state index >= 15 is 0 Å². The van der Waals surface area contributed by atoms with E-state index in [1.807, 2.05) is 29.2 Å². The highest BCUT2D eigenvalue weighted by Gasteiger charge is 2.32. The van der Waals surface area contributed by atoms with Gasteiger partial charge in [0.15, 0.2) is 0 Å². The lowest BCUT2D eigenvalue weighted by Gasteiger charge is -2.19. The monoisotopic (exact) mass is 350 g/mol. The van der Waals surface area contributed by atoms with Crippen molar-refractivity contribution in [1.29, 1.82) is 0 Å². The number of halogens is 1. The summed E-state index contributed by atoms with van der Waals surface area (Å²) in [6.07, 6.45) is 4.03. The summed E-state index contributed by atoms with van der Waals surface area (Å²) in [5.41, 5.74) is 2.20. The van der Waals surface area contributed by atoms with Crippen LogP contribution in [0.5, 0.6) is 0 Å². The molecule has 1 N–H and O–H groups in total. The van der Waals surface area contributed by atoms with Gasteiger partial charge in [0.25, 0.3) is 0 Å². The quantitative estimate of drug-likeness (QED) is 0.848. The fourth-order valence-electron chi connectivity index (χ4n) is 2.76. The lowest BCUT2D eigenvalue weighted by atomic mass is 10.1. The fraction of sp³-hybridized carbons (Fsp3) is 0.438. The van der Waals surface area contributed by atoms with E-state index < -0.39 is 0 Å². The first-order valence-corrected chi connectivity index (χ1v) is 8.09. The zero-order valence-corrected chi connectivity index (χ0v) is 13.4. The van der Waals surface area contributed by atoms with Crippen molar-refractivity contribution in [2.24, 2.45) is 0 Å². The number of carbonyl (C=O) groups excluding carboxylic acids is 1. The van der Waals surface area contributed by atoms with E-state index in [9.17, 15) is 4.79 Å². The van der Waals surface area contributed by atoms with Gasteiger partial charge in [0, 0.05) is 23.2 Å². The minimum Gasteiger partial charge on any atom is -0.377 e. The van der Waals surface area contributed by atoms with Gasteiger partial charge < -0.3 is 15.0 Å². The largest absolute Gasteiger partial charge is 0.377 e. The molecule has 1 amide bonds. The van der Waals surface area contributed by atoms with Gasteiger partial charge in [-0.25, -0.2) is 0 Å². The molecule has 2 heterocycles. The second-order valence-electron chi connectivity index (χ2n) is 5.40. The van der Waals surface area contributed by atoms with Crippen LogP contribution in [0.4, 0.5) is 5.69 Å². The molecule has 3 rings (SSSR count). The van der Waals surface area contributed by atoms with Gasteiger partial charge in [0.1, 0.15) is 0 Å². The van der Waals surface area contributed by atoms with E-state index in [1.54, 1.807) is 0 Å². The number of amides is 1. The summed E-state index contributed by atoms with van der Waals surface area (Å²) >= 11 is 3.45. The van der Waals surface area contributed by atoms with Crippen LogP contribution in [-0.2, 0) is 9.53 Å². The molecule has 21 heavy (non-hydrogen) atoms. The number of ether oxygens (including phenoxy) is 1. The molecule has 112 valence electrons. The molecule has 1 fully saturated rings. The average molecular weight is 351 g/mol. The summed E-state index contributed by atoms with van der Waals surface area (Å²) in [7, 11) is 0. The molecule has 1 aromatic rings. The Hall–Kier alpha value is -1.17. The molecule has 2 aliphatic heterocycles. The van der Waals surface area contributed by atoms with Gasteiger partial charge in [-0.15, -0.1) is 0 Å². The Labute approximate surface area is 133 Å².